The number of hydrogen-bond acceptors (Lipinski definition) is 4. The van der Waals surface area contributed by atoms with Gasteiger partial charge in [-0.1, -0.05) is 12.1 Å². The van der Waals surface area contributed by atoms with Crippen LogP contribution in [0.2, 0.25) is 0 Å². The number of ether oxygens (including phenoxy) is 1. The zero-order valence-corrected chi connectivity index (χ0v) is 9.52. The molecule has 0 aromatic heterocycles. The lowest BCUT2D eigenvalue weighted by Crippen LogP contribution is -2.23. The van der Waals surface area contributed by atoms with E-state index in [1.165, 1.54) is 0 Å². The second kappa shape index (κ2) is 7.22. The molecule has 0 fully saturated rings. The number of phenols is 1. The number of benzene rings is 1. The van der Waals surface area contributed by atoms with Crippen molar-refractivity contribution < 1.29 is 14.9 Å². The van der Waals surface area contributed by atoms with Crippen molar-refractivity contribution in [1.82, 2.24) is 5.32 Å². The minimum Gasteiger partial charge on any atom is -0.508 e. The minimum atomic E-state index is 0.0577. The molecule has 0 spiro atoms. The molecule has 0 aliphatic carbocycles. The molecule has 1 rings (SSSR count). The molecule has 0 radical (unpaired) electrons. The van der Waals surface area contributed by atoms with Gasteiger partial charge in [-0.15, -0.1) is 0 Å². The molecule has 0 saturated heterocycles. The molecule has 0 amide bonds. The molecule has 1 aromatic rings. The Kier molecular flexibility index (Phi) is 5.85. The van der Waals surface area contributed by atoms with Gasteiger partial charge in [-0.25, -0.2) is 0 Å². The summed E-state index contributed by atoms with van der Waals surface area (Å²) in [5, 5.41) is 21.1. The first-order chi connectivity index (χ1) is 7.74. The molecule has 4 nitrogen and oxygen atoms in total. The van der Waals surface area contributed by atoms with E-state index in [1.807, 2.05) is 19.1 Å². The summed E-state index contributed by atoms with van der Waals surface area (Å²) in [5.41, 5.74) is 1.04. The first kappa shape index (κ1) is 13.0. The Balaban J connectivity index is 2.27. The topological polar surface area (TPSA) is 61.7 Å². The lowest BCUT2D eigenvalue weighted by atomic mass is 10.1. The van der Waals surface area contributed by atoms with Gasteiger partial charge >= 0.3 is 0 Å². The van der Waals surface area contributed by atoms with Gasteiger partial charge in [-0.05, 0) is 24.6 Å². The van der Waals surface area contributed by atoms with Crippen LogP contribution >= 0.6 is 0 Å². The van der Waals surface area contributed by atoms with E-state index in [4.69, 9.17) is 9.84 Å². The number of hydrogen-bond donors (Lipinski definition) is 3. The van der Waals surface area contributed by atoms with Gasteiger partial charge in [-0.3, -0.25) is 0 Å². The van der Waals surface area contributed by atoms with Crippen LogP contribution in [-0.4, -0.2) is 36.6 Å². The van der Waals surface area contributed by atoms with Crippen LogP contribution in [0.25, 0.3) is 0 Å². The quantitative estimate of drug-likeness (QED) is 0.607. The predicted octanol–water partition coefficient (Wildman–Crippen LogP) is 1.05. The molecule has 1 unspecified atom stereocenters. The third kappa shape index (κ3) is 4.61. The smallest absolute Gasteiger partial charge is 0.115 e. The Labute approximate surface area is 95.9 Å². The summed E-state index contributed by atoms with van der Waals surface area (Å²) in [6.45, 7) is 3.76. The van der Waals surface area contributed by atoms with Gasteiger partial charge in [-0.2, -0.15) is 0 Å². The van der Waals surface area contributed by atoms with E-state index in [2.05, 4.69) is 5.32 Å². The highest BCUT2D eigenvalue weighted by atomic mass is 16.5. The molecule has 0 aliphatic heterocycles. The Morgan fingerprint density at radius 3 is 2.88 bits per heavy atom. The van der Waals surface area contributed by atoms with Gasteiger partial charge in [0.1, 0.15) is 5.75 Å². The third-order valence-electron chi connectivity index (χ3n) is 2.30. The normalized spacial score (nSPS) is 12.6. The van der Waals surface area contributed by atoms with Crippen LogP contribution in [-0.2, 0) is 4.74 Å². The van der Waals surface area contributed by atoms with E-state index in [0.29, 0.717) is 13.2 Å². The molecular formula is C12H19NO3. The van der Waals surface area contributed by atoms with Gasteiger partial charge in [0.2, 0.25) is 0 Å². The monoisotopic (exact) mass is 225 g/mol. The van der Waals surface area contributed by atoms with Crippen molar-refractivity contribution in [3.8, 4) is 5.75 Å². The Morgan fingerprint density at radius 1 is 1.38 bits per heavy atom. The first-order valence-electron chi connectivity index (χ1n) is 5.45. The molecule has 0 bridgehead atoms. The number of aromatic hydroxyl groups is 1. The maximum absolute atomic E-state index is 9.32. The predicted molar refractivity (Wildman–Crippen MR) is 62.4 cm³/mol. The molecule has 3 N–H and O–H groups in total. The van der Waals surface area contributed by atoms with Crippen LogP contribution < -0.4 is 5.32 Å². The van der Waals surface area contributed by atoms with Crippen LogP contribution in [0.5, 0.6) is 5.75 Å². The Morgan fingerprint density at radius 2 is 2.19 bits per heavy atom. The number of rotatable bonds is 7. The van der Waals surface area contributed by atoms with E-state index in [-0.39, 0.29) is 18.4 Å². The molecule has 16 heavy (non-hydrogen) atoms. The van der Waals surface area contributed by atoms with Crippen LogP contribution in [0.15, 0.2) is 24.3 Å². The molecular weight excluding hydrogens is 206 g/mol. The zero-order valence-electron chi connectivity index (χ0n) is 9.52. The third-order valence-corrected chi connectivity index (χ3v) is 2.30. The highest BCUT2D eigenvalue weighted by Gasteiger charge is 2.04. The highest BCUT2D eigenvalue weighted by molar-refractivity contribution is 5.28. The van der Waals surface area contributed by atoms with Crippen molar-refractivity contribution in [2.75, 3.05) is 26.4 Å². The summed E-state index contributed by atoms with van der Waals surface area (Å²) in [5.74, 6) is 0.280. The largest absolute Gasteiger partial charge is 0.508 e. The second-order valence-corrected chi connectivity index (χ2v) is 3.61. The summed E-state index contributed by atoms with van der Waals surface area (Å²) in [6.07, 6.45) is 0. The van der Waals surface area contributed by atoms with E-state index in [0.717, 1.165) is 12.1 Å². The fourth-order valence-electron chi connectivity index (χ4n) is 1.43. The van der Waals surface area contributed by atoms with Gasteiger partial charge < -0.3 is 20.3 Å². The van der Waals surface area contributed by atoms with Crippen LogP contribution in [0.4, 0.5) is 0 Å². The second-order valence-electron chi connectivity index (χ2n) is 3.61. The van der Waals surface area contributed by atoms with Gasteiger partial charge in [0, 0.05) is 12.6 Å². The summed E-state index contributed by atoms with van der Waals surface area (Å²) >= 11 is 0. The molecule has 1 aromatic carbocycles. The summed E-state index contributed by atoms with van der Waals surface area (Å²) in [6, 6.07) is 7.36. The molecule has 4 heteroatoms. The molecule has 0 saturated carbocycles. The van der Waals surface area contributed by atoms with Crippen molar-refractivity contribution >= 4 is 0 Å². The van der Waals surface area contributed by atoms with Gasteiger partial charge in [0.05, 0.1) is 19.8 Å². The summed E-state index contributed by atoms with van der Waals surface area (Å²) in [7, 11) is 0. The van der Waals surface area contributed by atoms with E-state index in [9.17, 15) is 5.11 Å². The van der Waals surface area contributed by atoms with Crippen molar-refractivity contribution in [1.29, 1.82) is 0 Å². The van der Waals surface area contributed by atoms with Gasteiger partial charge in [0.15, 0.2) is 0 Å². The van der Waals surface area contributed by atoms with Crippen molar-refractivity contribution in [2.24, 2.45) is 0 Å². The molecule has 0 aliphatic rings. The van der Waals surface area contributed by atoms with E-state index >= 15 is 0 Å². The summed E-state index contributed by atoms with van der Waals surface area (Å²) in [4.78, 5) is 0. The number of aliphatic hydroxyl groups excluding tert-OH is 1. The zero-order chi connectivity index (χ0) is 11.8. The Bertz CT molecular complexity index is 304. The standard InChI is InChI=1S/C12H19NO3/c1-10(13-5-7-16-8-6-14)11-3-2-4-12(15)9-11/h2-4,9-10,13-15H,5-8H2,1H3. The van der Waals surface area contributed by atoms with Crippen LogP contribution in [0.1, 0.15) is 18.5 Å². The molecule has 1 atom stereocenters. The maximum Gasteiger partial charge on any atom is 0.115 e. The van der Waals surface area contributed by atoms with Gasteiger partial charge in [0.25, 0.3) is 0 Å². The van der Waals surface area contributed by atoms with E-state index in [1.54, 1.807) is 12.1 Å². The molecule has 0 heterocycles. The SMILES string of the molecule is CC(NCCOCCO)c1cccc(O)c1. The highest BCUT2D eigenvalue weighted by Crippen LogP contribution is 2.17. The van der Waals surface area contributed by atoms with E-state index < -0.39 is 0 Å². The lowest BCUT2D eigenvalue weighted by Gasteiger charge is -2.14. The van der Waals surface area contributed by atoms with Crippen LogP contribution in [0, 0.1) is 0 Å². The number of nitrogens with one attached hydrogen (secondary N) is 1. The fourth-order valence-corrected chi connectivity index (χ4v) is 1.43. The average molecular weight is 225 g/mol. The Hall–Kier alpha value is -1.10. The van der Waals surface area contributed by atoms with Crippen LogP contribution in [0.3, 0.4) is 0 Å². The minimum absolute atomic E-state index is 0.0577. The average Bonchev–Trinajstić information content (AvgIpc) is 2.28. The van der Waals surface area contributed by atoms with Crippen molar-refractivity contribution in [2.45, 2.75) is 13.0 Å². The van der Waals surface area contributed by atoms with Crippen molar-refractivity contribution in [3.63, 3.8) is 0 Å². The maximum atomic E-state index is 9.32. The van der Waals surface area contributed by atoms with Crippen molar-refractivity contribution in [3.05, 3.63) is 29.8 Å². The lowest BCUT2D eigenvalue weighted by molar-refractivity contribution is 0.0928. The number of phenolic OH excluding ortho intramolecular Hbond substituents is 1. The number of aliphatic hydroxyl groups is 1. The first-order valence-corrected chi connectivity index (χ1v) is 5.45. The molecule has 90 valence electrons. The summed E-state index contributed by atoms with van der Waals surface area (Å²) < 4.78 is 5.13. The fraction of sp³-hybridized carbons (Fsp3) is 0.500.